The third-order valence-electron chi connectivity index (χ3n) is 5.46. The minimum Gasteiger partial charge on any atom is -0.496 e. The number of fused-ring (bicyclic) bond motifs is 1. The summed E-state index contributed by atoms with van der Waals surface area (Å²) >= 11 is 0. The van der Waals surface area contributed by atoms with Crippen LogP contribution in [0.5, 0.6) is 5.75 Å². The van der Waals surface area contributed by atoms with Crippen LogP contribution in [0.2, 0.25) is 0 Å². The molecular weight excluding hydrogens is 394 g/mol. The Hall–Kier alpha value is -3.68. The third kappa shape index (κ3) is 3.76. The molecule has 2 amide bonds. The summed E-state index contributed by atoms with van der Waals surface area (Å²) in [6.45, 7) is 4.06. The Morgan fingerprint density at radius 1 is 1.16 bits per heavy atom. The van der Waals surface area contributed by atoms with Gasteiger partial charge in [0.2, 0.25) is 0 Å². The summed E-state index contributed by atoms with van der Waals surface area (Å²) in [6.07, 6.45) is 1.84. The first-order valence-electron chi connectivity index (χ1n) is 10.4. The van der Waals surface area contributed by atoms with Gasteiger partial charge in [0.1, 0.15) is 11.3 Å². The molecule has 8 nitrogen and oxygen atoms in total. The molecular formula is C23H25N5O3. The van der Waals surface area contributed by atoms with Crippen LogP contribution in [-0.2, 0) is 0 Å². The smallest absolute Gasteiger partial charge is 0.273 e. The Morgan fingerprint density at radius 3 is 2.65 bits per heavy atom. The lowest BCUT2D eigenvalue weighted by Gasteiger charge is -2.31. The number of aromatic nitrogens is 2. The summed E-state index contributed by atoms with van der Waals surface area (Å²) in [5, 5.41) is 11.8. The average molecular weight is 419 g/mol. The minimum absolute atomic E-state index is 0.00382. The predicted molar refractivity (Wildman–Crippen MR) is 119 cm³/mol. The van der Waals surface area contributed by atoms with Gasteiger partial charge in [-0.05, 0) is 31.0 Å². The van der Waals surface area contributed by atoms with Crippen LogP contribution in [0, 0.1) is 0 Å². The molecule has 3 aromatic rings. The number of hydrogen-bond acceptors (Lipinski definition) is 6. The summed E-state index contributed by atoms with van der Waals surface area (Å²) in [7, 11) is 1.58. The summed E-state index contributed by atoms with van der Waals surface area (Å²) < 4.78 is 5.55. The van der Waals surface area contributed by atoms with Crippen LogP contribution in [0.25, 0.3) is 22.0 Å². The highest BCUT2D eigenvalue weighted by atomic mass is 16.5. The largest absolute Gasteiger partial charge is 0.496 e. The van der Waals surface area contributed by atoms with E-state index in [1.807, 2.05) is 30.0 Å². The topological polar surface area (TPSA) is 110 Å². The second-order valence-electron chi connectivity index (χ2n) is 7.48. The number of carbonyl (C=O) groups is 2. The van der Waals surface area contributed by atoms with Gasteiger partial charge < -0.3 is 20.7 Å². The lowest BCUT2D eigenvalue weighted by atomic mass is 9.97. The highest BCUT2D eigenvalue weighted by Gasteiger charge is 2.24. The predicted octanol–water partition coefficient (Wildman–Crippen LogP) is 2.87. The fourth-order valence-electron chi connectivity index (χ4n) is 3.61. The van der Waals surface area contributed by atoms with Crippen molar-refractivity contribution in [1.29, 1.82) is 0 Å². The summed E-state index contributed by atoms with van der Waals surface area (Å²) in [5.74, 6) is 0.257. The molecule has 1 aliphatic rings. The number of nitrogens with zero attached hydrogens (tertiary/aromatic N) is 3. The Balaban J connectivity index is 1.81. The number of likely N-dealkylation sites (tertiary alicyclic amines) is 1. The number of rotatable bonds is 6. The third-order valence-corrected chi connectivity index (χ3v) is 5.46. The van der Waals surface area contributed by atoms with Crippen LogP contribution in [0.3, 0.4) is 0 Å². The molecule has 2 heterocycles. The Morgan fingerprint density at radius 2 is 1.97 bits per heavy atom. The number of nitrogen functional groups attached to an aromatic ring is 1. The molecule has 0 atom stereocenters. The molecule has 0 bridgehead atoms. The van der Waals surface area contributed by atoms with E-state index in [0.29, 0.717) is 28.8 Å². The molecule has 0 unspecified atom stereocenters. The van der Waals surface area contributed by atoms with Gasteiger partial charge in [0.05, 0.1) is 12.8 Å². The van der Waals surface area contributed by atoms with E-state index in [4.69, 9.17) is 10.5 Å². The monoisotopic (exact) mass is 419 g/mol. The van der Waals surface area contributed by atoms with Gasteiger partial charge in [-0.1, -0.05) is 25.1 Å². The lowest BCUT2D eigenvalue weighted by molar-refractivity contribution is 0.0651. The fraction of sp³-hybridized carbons (Fsp3) is 0.304. The number of amides is 2. The van der Waals surface area contributed by atoms with Gasteiger partial charge in [0.25, 0.3) is 11.8 Å². The molecule has 31 heavy (non-hydrogen) atoms. The van der Waals surface area contributed by atoms with Crippen LogP contribution >= 0.6 is 0 Å². The molecule has 3 N–H and O–H groups in total. The van der Waals surface area contributed by atoms with E-state index in [0.717, 1.165) is 37.1 Å². The van der Waals surface area contributed by atoms with E-state index in [-0.39, 0.29) is 23.2 Å². The van der Waals surface area contributed by atoms with Gasteiger partial charge in [0, 0.05) is 41.7 Å². The first-order chi connectivity index (χ1) is 15.0. The van der Waals surface area contributed by atoms with Gasteiger partial charge in [-0.15, -0.1) is 10.2 Å². The second-order valence-corrected chi connectivity index (χ2v) is 7.48. The van der Waals surface area contributed by atoms with Crippen molar-refractivity contribution in [3.63, 3.8) is 0 Å². The van der Waals surface area contributed by atoms with Gasteiger partial charge in [-0.25, -0.2) is 0 Å². The maximum absolute atomic E-state index is 12.7. The van der Waals surface area contributed by atoms with E-state index < -0.39 is 0 Å². The highest BCUT2D eigenvalue weighted by Crippen LogP contribution is 2.37. The zero-order valence-corrected chi connectivity index (χ0v) is 17.6. The van der Waals surface area contributed by atoms with Crippen LogP contribution < -0.4 is 15.8 Å². The number of carbonyl (C=O) groups excluding carboxylic acids is 2. The van der Waals surface area contributed by atoms with Crippen LogP contribution in [0.15, 0.2) is 36.4 Å². The van der Waals surface area contributed by atoms with Crippen molar-refractivity contribution >= 4 is 28.4 Å². The SMILES string of the molecule is CCCNC(=O)c1nnc2c(-c3cc(C(=O)N4CCC4)ccc3OC)cccc2c1N. The van der Waals surface area contributed by atoms with Crippen molar-refractivity contribution in [3.05, 3.63) is 47.7 Å². The molecule has 1 fully saturated rings. The van der Waals surface area contributed by atoms with E-state index in [9.17, 15) is 9.59 Å². The Kier molecular flexibility index (Phi) is 5.70. The van der Waals surface area contributed by atoms with Gasteiger partial charge in [-0.2, -0.15) is 0 Å². The quantitative estimate of drug-likeness (QED) is 0.636. The van der Waals surface area contributed by atoms with E-state index in [2.05, 4.69) is 15.5 Å². The number of ether oxygens (including phenoxy) is 1. The molecule has 0 spiro atoms. The van der Waals surface area contributed by atoms with Crippen molar-refractivity contribution in [2.24, 2.45) is 0 Å². The van der Waals surface area contributed by atoms with Gasteiger partial charge >= 0.3 is 0 Å². The van der Waals surface area contributed by atoms with Crippen molar-refractivity contribution in [2.75, 3.05) is 32.5 Å². The van der Waals surface area contributed by atoms with Crippen LogP contribution in [0.1, 0.15) is 40.6 Å². The molecule has 1 aliphatic heterocycles. The lowest BCUT2D eigenvalue weighted by Crippen LogP contribution is -2.42. The minimum atomic E-state index is -0.348. The zero-order valence-electron chi connectivity index (χ0n) is 17.6. The second kappa shape index (κ2) is 8.59. The Labute approximate surface area is 180 Å². The number of nitrogens with one attached hydrogen (secondary N) is 1. The van der Waals surface area contributed by atoms with Gasteiger partial charge in [0.15, 0.2) is 5.69 Å². The van der Waals surface area contributed by atoms with Crippen molar-refractivity contribution in [1.82, 2.24) is 20.4 Å². The van der Waals surface area contributed by atoms with Crippen molar-refractivity contribution in [3.8, 4) is 16.9 Å². The van der Waals surface area contributed by atoms with E-state index >= 15 is 0 Å². The van der Waals surface area contributed by atoms with E-state index in [1.54, 1.807) is 25.3 Å². The first-order valence-corrected chi connectivity index (χ1v) is 10.4. The molecule has 8 heteroatoms. The highest BCUT2D eigenvalue weighted by molar-refractivity contribution is 6.08. The number of nitrogens with two attached hydrogens (primary N) is 1. The summed E-state index contributed by atoms with van der Waals surface area (Å²) in [6, 6.07) is 10.9. The molecule has 4 rings (SSSR count). The maximum Gasteiger partial charge on any atom is 0.273 e. The van der Waals surface area contributed by atoms with Crippen LogP contribution in [0.4, 0.5) is 5.69 Å². The molecule has 1 aromatic heterocycles. The molecule has 0 aliphatic carbocycles. The molecule has 0 radical (unpaired) electrons. The summed E-state index contributed by atoms with van der Waals surface area (Å²) in [5.41, 5.74) is 9.25. The summed E-state index contributed by atoms with van der Waals surface area (Å²) in [4.78, 5) is 26.9. The molecule has 160 valence electrons. The molecule has 0 saturated carbocycles. The normalized spacial score (nSPS) is 13.0. The fourth-order valence-corrected chi connectivity index (χ4v) is 3.61. The average Bonchev–Trinajstić information content (AvgIpc) is 2.75. The van der Waals surface area contributed by atoms with Gasteiger partial charge in [-0.3, -0.25) is 9.59 Å². The van der Waals surface area contributed by atoms with Crippen molar-refractivity contribution < 1.29 is 14.3 Å². The first kappa shape index (κ1) is 20.6. The standard InChI is InChI=1S/C23H25N5O3/c1-3-10-25-22(29)21-19(24)16-7-4-6-15(20(16)26-27-21)17-13-14(8-9-18(17)31-2)23(30)28-11-5-12-28/h4,6-9,13H,3,5,10-12H2,1-2H3,(H2,24,26)(H,25,29). The molecule has 2 aromatic carbocycles. The zero-order chi connectivity index (χ0) is 22.0. The number of benzene rings is 2. The Bertz CT molecular complexity index is 1160. The number of hydrogen-bond donors (Lipinski definition) is 2. The van der Waals surface area contributed by atoms with Crippen molar-refractivity contribution in [2.45, 2.75) is 19.8 Å². The number of methoxy groups -OCH3 is 1. The van der Waals surface area contributed by atoms with E-state index in [1.165, 1.54) is 0 Å². The molecule has 1 saturated heterocycles. The maximum atomic E-state index is 12.7. The van der Waals surface area contributed by atoms with Crippen LogP contribution in [-0.4, -0.2) is 53.7 Å². The number of anilines is 1.